The Morgan fingerprint density at radius 3 is 1.84 bits per heavy atom. The zero-order valence-corrected chi connectivity index (χ0v) is 39.6. The van der Waals surface area contributed by atoms with Crippen molar-refractivity contribution >= 4 is 77.5 Å². The highest BCUT2D eigenvalue weighted by Crippen LogP contribution is 2.57. The third kappa shape index (κ3) is 6.48. The summed E-state index contributed by atoms with van der Waals surface area (Å²) in [7, 11) is 0. The molecule has 0 saturated carbocycles. The minimum absolute atomic E-state index is 0.111. The van der Waals surface area contributed by atoms with Crippen molar-refractivity contribution in [2.75, 3.05) is 9.80 Å². The summed E-state index contributed by atoms with van der Waals surface area (Å²) >= 11 is 0. The van der Waals surface area contributed by atoms with E-state index in [1.165, 1.54) is 122 Å². The van der Waals surface area contributed by atoms with Gasteiger partial charge in [0.1, 0.15) is 0 Å². The SMILES string of the molecule is Cc1cccc(C)c1N(c1ccc(C2C=CC=CC2)cc1)c1cc2c(c3ccccc13)c1c3cccc4c3c(cc1n2C1C=CC=CC1)N(c1c(C)cccc1C)c1ccc(-c2ccccc2)cc1-4. The Labute approximate surface area is 404 Å². The number of benzene rings is 9. The molecule has 0 spiro atoms. The average molecular weight is 888 g/mol. The lowest BCUT2D eigenvalue weighted by molar-refractivity contribution is 0.648. The van der Waals surface area contributed by atoms with E-state index in [9.17, 15) is 0 Å². The third-order valence-electron chi connectivity index (χ3n) is 15.2. The second-order valence-corrected chi connectivity index (χ2v) is 19.3. The highest BCUT2D eigenvalue weighted by Gasteiger charge is 2.32. The van der Waals surface area contributed by atoms with Gasteiger partial charge >= 0.3 is 0 Å². The summed E-state index contributed by atoms with van der Waals surface area (Å²) < 4.78 is 2.68. The van der Waals surface area contributed by atoms with Crippen molar-refractivity contribution in [3.8, 4) is 22.3 Å². The Hall–Kier alpha value is -8.14. The molecular formula is C66H53N3. The highest BCUT2D eigenvalue weighted by atomic mass is 15.2. The van der Waals surface area contributed by atoms with Gasteiger partial charge in [-0.1, -0.05) is 176 Å². The van der Waals surface area contributed by atoms with Crippen LogP contribution in [-0.2, 0) is 0 Å². The second-order valence-electron chi connectivity index (χ2n) is 19.3. The molecule has 2 heterocycles. The molecule has 1 aliphatic heterocycles. The van der Waals surface area contributed by atoms with Gasteiger partial charge in [0.2, 0.25) is 0 Å². The molecule has 10 aromatic rings. The molecule has 3 aliphatic rings. The maximum absolute atomic E-state index is 2.68. The minimum Gasteiger partial charge on any atom is -0.333 e. The maximum atomic E-state index is 2.68. The first-order valence-corrected chi connectivity index (χ1v) is 24.6. The number of aryl methyl sites for hydroxylation is 4. The quantitative estimate of drug-likeness (QED) is 0.158. The average Bonchev–Trinajstić information content (AvgIpc) is 3.73. The third-order valence-corrected chi connectivity index (χ3v) is 15.2. The van der Waals surface area contributed by atoms with Gasteiger partial charge in [-0.05, 0) is 132 Å². The molecule has 69 heavy (non-hydrogen) atoms. The lowest BCUT2D eigenvalue weighted by Crippen LogP contribution is -2.17. The van der Waals surface area contributed by atoms with Crippen molar-refractivity contribution in [3.05, 3.63) is 240 Å². The largest absolute Gasteiger partial charge is 0.333 e. The van der Waals surface area contributed by atoms with Gasteiger partial charge < -0.3 is 14.4 Å². The molecule has 13 rings (SSSR count). The molecule has 0 saturated heterocycles. The zero-order chi connectivity index (χ0) is 46.3. The number of nitrogens with zero attached hydrogens (tertiary/aromatic N) is 3. The van der Waals surface area contributed by atoms with Crippen molar-refractivity contribution in [2.24, 2.45) is 0 Å². The Morgan fingerprint density at radius 2 is 1.12 bits per heavy atom. The smallest absolute Gasteiger partial charge is 0.0568 e. The first-order valence-electron chi connectivity index (χ1n) is 24.6. The van der Waals surface area contributed by atoms with Crippen LogP contribution < -0.4 is 9.80 Å². The van der Waals surface area contributed by atoms with E-state index in [-0.39, 0.29) is 6.04 Å². The first-order chi connectivity index (χ1) is 33.9. The number of allylic oxidation sites excluding steroid dienone is 8. The number of fused-ring (bicyclic) bond motifs is 8. The van der Waals surface area contributed by atoms with Gasteiger partial charge in [-0.15, -0.1) is 0 Å². The molecule has 9 aromatic carbocycles. The van der Waals surface area contributed by atoms with E-state index in [0.717, 1.165) is 18.5 Å². The molecular weight excluding hydrogens is 835 g/mol. The fourth-order valence-electron chi connectivity index (χ4n) is 12.1. The molecule has 1 aromatic heterocycles. The number of anilines is 6. The normalized spacial score (nSPS) is 16.0. The van der Waals surface area contributed by atoms with Crippen LogP contribution in [0, 0.1) is 27.7 Å². The molecule has 2 unspecified atom stereocenters. The van der Waals surface area contributed by atoms with Crippen molar-refractivity contribution in [2.45, 2.75) is 52.5 Å². The molecule has 0 fully saturated rings. The van der Waals surface area contributed by atoms with Crippen molar-refractivity contribution in [1.29, 1.82) is 0 Å². The second kappa shape index (κ2) is 16.3. The van der Waals surface area contributed by atoms with E-state index in [4.69, 9.17) is 0 Å². The number of rotatable bonds is 7. The number of hydrogen-bond acceptors (Lipinski definition) is 2. The Morgan fingerprint density at radius 1 is 0.464 bits per heavy atom. The van der Waals surface area contributed by atoms with Crippen molar-refractivity contribution in [1.82, 2.24) is 4.57 Å². The Bertz CT molecular complexity index is 3800. The summed E-state index contributed by atoms with van der Waals surface area (Å²) in [6.07, 6.45) is 20.0. The Balaban J connectivity index is 1.15. The molecule has 3 heteroatoms. The molecule has 332 valence electrons. The molecule has 0 amide bonds. The van der Waals surface area contributed by atoms with Gasteiger partial charge in [0.15, 0.2) is 0 Å². The molecule has 0 N–H and O–H groups in total. The number of para-hydroxylation sites is 2. The van der Waals surface area contributed by atoms with E-state index < -0.39 is 0 Å². The van der Waals surface area contributed by atoms with Crippen LogP contribution in [0.15, 0.2) is 212 Å². The van der Waals surface area contributed by atoms with Crippen LogP contribution in [-0.4, -0.2) is 4.57 Å². The molecule has 0 bridgehead atoms. The van der Waals surface area contributed by atoms with Gasteiger partial charge in [-0.25, -0.2) is 0 Å². The number of aromatic nitrogens is 1. The topological polar surface area (TPSA) is 11.4 Å². The monoisotopic (exact) mass is 887 g/mol. The van der Waals surface area contributed by atoms with Crippen LogP contribution in [0.2, 0.25) is 0 Å². The Kier molecular flexibility index (Phi) is 9.69. The number of hydrogen-bond donors (Lipinski definition) is 0. The summed E-state index contributed by atoms with van der Waals surface area (Å²) in [6.45, 7) is 9.05. The molecule has 0 radical (unpaired) electrons. The van der Waals surface area contributed by atoms with E-state index in [0.29, 0.717) is 5.92 Å². The molecule has 2 atom stereocenters. The molecule has 2 aliphatic carbocycles. The van der Waals surface area contributed by atoms with Crippen molar-refractivity contribution in [3.63, 3.8) is 0 Å². The van der Waals surface area contributed by atoms with Crippen LogP contribution in [0.3, 0.4) is 0 Å². The van der Waals surface area contributed by atoms with Gasteiger partial charge in [0.05, 0.1) is 45.5 Å². The fraction of sp³-hybridized carbons (Fsp3) is 0.121. The van der Waals surface area contributed by atoms with Crippen LogP contribution >= 0.6 is 0 Å². The van der Waals surface area contributed by atoms with E-state index in [1.807, 2.05) is 0 Å². The van der Waals surface area contributed by atoms with E-state index in [2.05, 4.69) is 254 Å². The van der Waals surface area contributed by atoms with Crippen LogP contribution in [0.25, 0.3) is 65.6 Å². The zero-order valence-electron chi connectivity index (χ0n) is 39.6. The first kappa shape index (κ1) is 41.1. The van der Waals surface area contributed by atoms with E-state index in [1.54, 1.807) is 0 Å². The highest BCUT2D eigenvalue weighted by molar-refractivity contribution is 6.34. The van der Waals surface area contributed by atoms with Gasteiger partial charge in [0.25, 0.3) is 0 Å². The lowest BCUT2D eigenvalue weighted by Gasteiger charge is -2.36. The van der Waals surface area contributed by atoms with Gasteiger partial charge in [0, 0.05) is 38.7 Å². The summed E-state index contributed by atoms with van der Waals surface area (Å²) in [4.78, 5) is 5.13. The summed E-state index contributed by atoms with van der Waals surface area (Å²) in [5.41, 5.74) is 21.0. The predicted molar refractivity (Wildman–Crippen MR) is 295 cm³/mol. The van der Waals surface area contributed by atoms with Crippen LogP contribution in [0.1, 0.15) is 52.6 Å². The van der Waals surface area contributed by atoms with Crippen molar-refractivity contribution < 1.29 is 0 Å². The molecule has 3 nitrogen and oxygen atoms in total. The van der Waals surface area contributed by atoms with Crippen LogP contribution in [0.4, 0.5) is 34.1 Å². The fourth-order valence-corrected chi connectivity index (χ4v) is 12.1. The lowest BCUT2D eigenvalue weighted by atomic mass is 9.86. The predicted octanol–water partition coefficient (Wildman–Crippen LogP) is 18.6. The standard InChI is InChI=1S/C66H53N3/c1-42-19-16-20-43(2)65(42)68(51-36-33-48(34-37-51)46-23-8-5-9-24-46)58-40-60-63(53-30-15-14-29-52(53)58)64-55-32-18-31-54-56-39-49(47-25-10-6-11-26-47)35-38-57(56)69(66-44(3)21-17-22-45(66)4)59(62(54)55)41-61(64)67(60)50-27-12-7-13-28-50/h5-23,25-27,29-41,46,50H,24,28H2,1-4H3. The van der Waals surface area contributed by atoms with Crippen LogP contribution in [0.5, 0.6) is 0 Å². The summed E-state index contributed by atoms with van der Waals surface area (Å²) in [5.74, 6) is 0.379. The summed E-state index contributed by atoms with van der Waals surface area (Å²) in [6, 6.07) is 62.1. The minimum atomic E-state index is 0.111. The summed E-state index contributed by atoms with van der Waals surface area (Å²) in [5, 5.41) is 7.65. The maximum Gasteiger partial charge on any atom is 0.0568 e. The van der Waals surface area contributed by atoms with E-state index >= 15 is 0 Å². The van der Waals surface area contributed by atoms with Gasteiger partial charge in [-0.3, -0.25) is 0 Å². The van der Waals surface area contributed by atoms with Gasteiger partial charge in [-0.2, -0.15) is 0 Å².